The maximum Gasteiger partial charge on any atom is 0.472 e. The number of esters is 4. The van der Waals surface area contributed by atoms with E-state index < -0.39 is 97.5 Å². The number of carbonyl (C=O) groups is 4. The van der Waals surface area contributed by atoms with Crippen molar-refractivity contribution in [2.24, 2.45) is 5.92 Å². The Balaban J connectivity index is 5.08. The van der Waals surface area contributed by atoms with E-state index in [1.807, 2.05) is 0 Å². The highest BCUT2D eigenvalue weighted by Gasteiger charge is 2.30. The highest BCUT2D eigenvalue weighted by Crippen LogP contribution is 2.45. The lowest BCUT2D eigenvalue weighted by molar-refractivity contribution is -0.161. The van der Waals surface area contributed by atoms with Crippen molar-refractivity contribution in [3.05, 3.63) is 0 Å². The SMILES string of the molecule is CCCCCCCCCCCCC(=O)OC[C@H](COP(=O)(O)OC[C@@H](O)COP(=O)(O)OC[C@@H](COC(=O)CCCCCCC)OC(=O)CCCCCCCCC)OC(=O)CCCCCCCCCCCCCCCCCCC(C)C. The first-order valence-electron chi connectivity index (χ1n) is 32.6. The van der Waals surface area contributed by atoms with E-state index in [0.717, 1.165) is 115 Å². The Morgan fingerprint density at radius 1 is 0.333 bits per heavy atom. The topological polar surface area (TPSA) is 237 Å². The summed E-state index contributed by atoms with van der Waals surface area (Å²) in [5, 5.41) is 10.5. The van der Waals surface area contributed by atoms with Gasteiger partial charge in [-0.25, -0.2) is 9.13 Å². The third-order valence-electron chi connectivity index (χ3n) is 14.3. The normalized spacial score (nSPS) is 14.3. The summed E-state index contributed by atoms with van der Waals surface area (Å²) in [6.45, 7) is 7.07. The second-order valence-electron chi connectivity index (χ2n) is 22.9. The van der Waals surface area contributed by atoms with Crippen LogP contribution in [0.15, 0.2) is 0 Å². The van der Waals surface area contributed by atoms with Gasteiger partial charge in [0.05, 0.1) is 26.4 Å². The van der Waals surface area contributed by atoms with Crippen LogP contribution in [0.4, 0.5) is 0 Å². The number of phosphoric acid groups is 2. The number of aliphatic hydroxyl groups excluding tert-OH is 1. The summed E-state index contributed by atoms with van der Waals surface area (Å²) >= 11 is 0. The lowest BCUT2D eigenvalue weighted by Crippen LogP contribution is -2.30. The molecule has 0 aliphatic heterocycles. The van der Waals surface area contributed by atoms with E-state index in [2.05, 4.69) is 34.6 Å². The monoisotopic (exact) mass is 1200 g/mol. The fourth-order valence-corrected chi connectivity index (χ4v) is 10.8. The Kier molecular flexibility index (Phi) is 54.6. The molecule has 0 spiro atoms. The molecular weight excluding hydrogens is 1080 g/mol. The third kappa shape index (κ3) is 56.9. The van der Waals surface area contributed by atoms with Crippen molar-refractivity contribution < 1.29 is 80.2 Å². The lowest BCUT2D eigenvalue weighted by Gasteiger charge is -2.21. The Labute approximate surface area is 492 Å². The fraction of sp³-hybridized carbons (Fsp3) is 0.935. The first-order chi connectivity index (χ1) is 39.0. The predicted octanol–water partition coefficient (Wildman–Crippen LogP) is 17.0. The minimum atomic E-state index is -4.94. The summed E-state index contributed by atoms with van der Waals surface area (Å²) in [5.74, 6) is -1.34. The molecule has 0 saturated heterocycles. The molecule has 81 heavy (non-hydrogen) atoms. The number of ether oxygens (including phenoxy) is 4. The lowest BCUT2D eigenvalue weighted by atomic mass is 10.0. The molecule has 5 atom stereocenters. The molecule has 0 aliphatic rings. The van der Waals surface area contributed by atoms with E-state index in [1.54, 1.807) is 0 Å². The largest absolute Gasteiger partial charge is 0.472 e. The summed E-state index contributed by atoms with van der Waals surface area (Å²) in [4.78, 5) is 71.7. The molecule has 0 amide bonds. The summed E-state index contributed by atoms with van der Waals surface area (Å²) in [7, 11) is -9.87. The Morgan fingerprint density at radius 3 is 0.840 bits per heavy atom. The molecule has 0 rings (SSSR count). The van der Waals surface area contributed by atoms with Gasteiger partial charge < -0.3 is 33.8 Å². The van der Waals surface area contributed by atoms with Crippen molar-refractivity contribution in [3.8, 4) is 0 Å². The molecule has 0 saturated carbocycles. The molecule has 0 fully saturated rings. The molecule has 19 heteroatoms. The van der Waals surface area contributed by atoms with E-state index >= 15 is 0 Å². The minimum absolute atomic E-state index is 0.103. The van der Waals surface area contributed by atoms with E-state index in [0.29, 0.717) is 25.7 Å². The molecule has 0 aromatic heterocycles. The summed E-state index contributed by atoms with van der Waals surface area (Å²) in [6.07, 6.45) is 39.5. The van der Waals surface area contributed by atoms with Gasteiger partial charge >= 0.3 is 39.5 Å². The molecule has 480 valence electrons. The molecule has 0 heterocycles. The molecule has 0 aromatic rings. The molecule has 0 aliphatic carbocycles. The zero-order chi connectivity index (χ0) is 59.9. The van der Waals surface area contributed by atoms with E-state index in [4.69, 9.17) is 37.0 Å². The molecular formula is C62H120O17P2. The van der Waals surface area contributed by atoms with Gasteiger partial charge in [-0.05, 0) is 31.6 Å². The first kappa shape index (κ1) is 79.1. The molecule has 2 unspecified atom stereocenters. The number of unbranched alkanes of at least 4 members (excludes halogenated alkanes) is 34. The van der Waals surface area contributed by atoms with Gasteiger partial charge in [0.2, 0.25) is 0 Å². The number of carbonyl (C=O) groups excluding carboxylic acids is 4. The van der Waals surface area contributed by atoms with E-state index in [1.165, 1.54) is 116 Å². The fourth-order valence-electron chi connectivity index (χ4n) is 9.23. The van der Waals surface area contributed by atoms with Crippen LogP contribution in [0.3, 0.4) is 0 Å². The van der Waals surface area contributed by atoms with Crippen molar-refractivity contribution in [2.75, 3.05) is 39.6 Å². The van der Waals surface area contributed by atoms with Gasteiger partial charge in [0.1, 0.15) is 19.3 Å². The molecule has 17 nitrogen and oxygen atoms in total. The van der Waals surface area contributed by atoms with Crippen LogP contribution in [0.2, 0.25) is 0 Å². The van der Waals surface area contributed by atoms with Gasteiger partial charge in [0, 0.05) is 25.7 Å². The third-order valence-corrected chi connectivity index (χ3v) is 16.2. The second kappa shape index (κ2) is 55.9. The van der Waals surface area contributed by atoms with Crippen molar-refractivity contribution in [1.82, 2.24) is 0 Å². The number of hydrogen-bond acceptors (Lipinski definition) is 15. The van der Waals surface area contributed by atoms with E-state index in [-0.39, 0.29) is 25.7 Å². The van der Waals surface area contributed by atoms with Crippen molar-refractivity contribution in [1.29, 1.82) is 0 Å². The van der Waals surface area contributed by atoms with Gasteiger partial charge in [-0.2, -0.15) is 0 Å². The van der Waals surface area contributed by atoms with Crippen LogP contribution in [0, 0.1) is 5.92 Å². The smallest absolute Gasteiger partial charge is 0.462 e. The number of phosphoric ester groups is 2. The summed E-state index contributed by atoms with van der Waals surface area (Å²) in [6, 6.07) is 0. The summed E-state index contributed by atoms with van der Waals surface area (Å²) < 4.78 is 67.6. The molecule has 0 bridgehead atoms. The van der Waals surface area contributed by atoms with Crippen LogP contribution in [0.5, 0.6) is 0 Å². The highest BCUT2D eigenvalue weighted by atomic mass is 31.2. The average Bonchev–Trinajstić information content (AvgIpc) is 3.43. The Morgan fingerprint density at radius 2 is 0.568 bits per heavy atom. The Hall–Kier alpha value is -1.94. The maximum absolute atomic E-state index is 13.0. The number of rotatable bonds is 62. The van der Waals surface area contributed by atoms with Gasteiger partial charge in [-0.3, -0.25) is 37.3 Å². The van der Waals surface area contributed by atoms with Gasteiger partial charge in [0.15, 0.2) is 12.2 Å². The minimum Gasteiger partial charge on any atom is -0.462 e. The first-order valence-corrected chi connectivity index (χ1v) is 35.6. The zero-order valence-electron chi connectivity index (χ0n) is 51.9. The molecule has 3 N–H and O–H groups in total. The second-order valence-corrected chi connectivity index (χ2v) is 25.8. The Bertz CT molecular complexity index is 1580. The predicted molar refractivity (Wildman–Crippen MR) is 322 cm³/mol. The van der Waals surface area contributed by atoms with Gasteiger partial charge in [-0.15, -0.1) is 0 Å². The van der Waals surface area contributed by atoms with Crippen LogP contribution in [-0.2, 0) is 65.4 Å². The van der Waals surface area contributed by atoms with Crippen LogP contribution in [-0.4, -0.2) is 96.7 Å². The van der Waals surface area contributed by atoms with Crippen molar-refractivity contribution in [2.45, 2.75) is 329 Å². The average molecular weight is 1200 g/mol. The highest BCUT2D eigenvalue weighted by molar-refractivity contribution is 7.47. The molecule has 0 aromatic carbocycles. The number of hydrogen-bond donors (Lipinski definition) is 3. The van der Waals surface area contributed by atoms with Crippen LogP contribution < -0.4 is 0 Å². The summed E-state index contributed by atoms with van der Waals surface area (Å²) in [5.41, 5.74) is 0. The zero-order valence-corrected chi connectivity index (χ0v) is 53.7. The quantitative estimate of drug-likeness (QED) is 0.0222. The van der Waals surface area contributed by atoms with Crippen molar-refractivity contribution in [3.63, 3.8) is 0 Å². The van der Waals surface area contributed by atoms with Crippen LogP contribution in [0.25, 0.3) is 0 Å². The molecule has 0 radical (unpaired) electrons. The van der Waals surface area contributed by atoms with Crippen LogP contribution in [0.1, 0.15) is 311 Å². The van der Waals surface area contributed by atoms with Crippen LogP contribution >= 0.6 is 15.6 Å². The standard InChI is InChI=1S/C62H120O17P2/c1-6-9-12-15-17-18-28-32-36-41-46-60(65)73-52-58(79-62(67)48-43-38-33-29-26-24-22-20-19-21-23-25-27-31-35-39-44-55(4)5)54-77-81(70,71)75-50-56(63)49-74-80(68,69)76-53-57(51-72-59(64)45-40-34-14-11-8-3)78-61(66)47-42-37-30-16-13-10-7-2/h55-58,63H,6-54H2,1-5H3,(H,68,69)(H,70,71)/t56-,57+,58+/m0/s1. The van der Waals surface area contributed by atoms with Crippen molar-refractivity contribution >= 4 is 39.5 Å². The maximum atomic E-state index is 13.0. The van der Waals surface area contributed by atoms with Gasteiger partial charge in [0.25, 0.3) is 0 Å². The van der Waals surface area contributed by atoms with Gasteiger partial charge in [-0.1, -0.05) is 259 Å². The van der Waals surface area contributed by atoms with E-state index in [9.17, 15) is 43.2 Å². The number of aliphatic hydroxyl groups is 1.